The van der Waals surface area contributed by atoms with Crippen LogP contribution in [0.15, 0.2) is 66.7 Å². The third-order valence-corrected chi connectivity index (χ3v) is 4.50. The summed E-state index contributed by atoms with van der Waals surface area (Å²) in [6.45, 7) is 0. The summed E-state index contributed by atoms with van der Waals surface area (Å²) in [4.78, 5) is 20.6. The summed E-state index contributed by atoms with van der Waals surface area (Å²) in [6.07, 6.45) is -10.3. The molecule has 0 heterocycles. The first-order chi connectivity index (χ1) is 15.3. The van der Waals surface area contributed by atoms with Gasteiger partial charge in [-0.3, -0.25) is 20.2 Å². The maximum absolute atomic E-state index is 13.5. The number of benzene rings is 3. The molecule has 172 valence electrons. The molecule has 0 bridgehead atoms. The zero-order valence-corrected chi connectivity index (χ0v) is 16.1. The Balaban J connectivity index is 2.31. The fraction of sp³-hybridized carbons (Fsp3) is 0.100. The Labute approximate surface area is 180 Å². The van der Waals surface area contributed by atoms with Crippen LogP contribution in [-0.4, -0.2) is 9.85 Å². The zero-order valence-electron chi connectivity index (χ0n) is 16.1. The van der Waals surface area contributed by atoms with Crippen LogP contribution in [0.5, 0.6) is 0 Å². The molecule has 0 spiro atoms. The van der Waals surface area contributed by atoms with Crippen molar-refractivity contribution in [3.8, 4) is 0 Å². The van der Waals surface area contributed by atoms with Crippen molar-refractivity contribution < 1.29 is 36.2 Å². The summed E-state index contributed by atoms with van der Waals surface area (Å²) >= 11 is 0. The summed E-state index contributed by atoms with van der Waals surface area (Å²) in [5.41, 5.74) is -6.27. The van der Waals surface area contributed by atoms with Crippen LogP contribution in [0, 0.1) is 20.2 Å². The summed E-state index contributed by atoms with van der Waals surface area (Å²) in [5, 5.41) is 22.1. The van der Waals surface area contributed by atoms with E-state index in [0.29, 0.717) is 24.3 Å². The molecule has 0 saturated heterocycles. The third kappa shape index (κ3) is 4.86. The average Bonchev–Trinajstić information content (AvgIpc) is 2.73. The number of nitro groups is 2. The molecule has 0 saturated carbocycles. The lowest BCUT2D eigenvalue weighted by Crippen LogP contribution is -2.15. The van der Waals surface area contributed by atoms with Crippen molar-refractivity contribution in [1.82, 2.24) is 0 Å². The van der Waals surface area contributed by atoms with Crippen LogP contribution in [0.2, 0.25) is 0 Å². The molecular weight excluding hydrogens is 460 g/mol. The van der Waals surface area contributed by atoms with Crippen molar-refractivity contribution >= 4 is 28.4 Å². The first-order valence-corrected chi connectivity index (χ1v) is 8.87. The molecule has 33 heavy (non-hydrogen) atoms. The Kier molecular flexibility index (Phi) is 5.99. The van der Waals surface area contributed by atoms with E-state index in [-0.39, 0.29) is 17.1 Å². The average molecular weight is 471 g/mol. The van der Waals surface area contributed by atoms with Gasteiger partial charge in [-0.2, -0.15) is 26.3 Å². The molecular formula is C20H11F6N3O4. The monoisotopic (exact) mass is 471 g/mol. The van der Waals surface area contributed by atoms with Crippen molar-refractivity contribution in [3.63, 3.8) is 0 Å². The van der Waals surface area contributed by atoms with Gasteiger partial charge in [-0.05, 0) is 36.4 Å². The van der Waals surface area contributed by atoms with Crippen molar-refractivity contribution in [1.29, 1.82) is 0 Å². The van der Waals surface area contributed by atoms with Crippen LogP contribution >= 0.6 is 0 Å². The largest absolute Gasteiger partial charge is 0.423 e. The van der Waals surface area contributed by atoms with Crippen LogP contribution < -0.4 is 4.90 Å². The molecule has 0 atom stereocenters. The van der Waals surface area contributed by atoms with Crippen LogP contribution in [-0.2, 0) is 12.4 Å². The van der Waals surface area contributed by atoms with E-state index < -0.39 is 44.7 Å². The summed E-state index contributed by atoms with van der Waals surface area (Å²) in [5.74, 6) is 0. The van der Waals surface area contributed by atoms with Crippen LogP contribution in [0.4, 0.5) is 54.8 Å². The van der Waals surface area contributed by atoms with Gasteiger partial charge < -0.3 is 4.90 Å². The van der Waals surface area contributed by atoms with Gasteiger partial charge in [0.2, 0.25) is 0 Å². The summed E-state index contributed by atoms with van der Waals surface area (Å²) < 4.78 is 80.8. The van der Waals surface area contributed by atoms with Crippen LogP contribution in [0.3, 0.4) is 0 Å². The van der Waals surface area contributed by atoms with E-state index in [9.17, 15) is 46.6 Å². The van der Waals surface area contributed by atoms with E-state index in [4.69, 9.17) is 0 Å². The Hall–Kier alpha value is -4.16. The number of nitro benzene ring substituents is 2. The predicted molar refractivity (Wildman–Crippen MR) is 104 cm³/mol. The number of alkyl halides is 6. The van der Waals surface area contributed by atoms with Gasteiger partial charge in [0.1, 0.15) is 11.1 Å². The number of hydrogen-bond acceptors (Lipinski definition) is 5. The number of nitrogens with zero attached hydrogens (tertiary/aromatic N) is 3. The minimum absolute atomic E-state index is 0.112. The first kappa shape index (κ1) is 23.5. The molecule has 3 aromatic carbocycles. The fourth-order valence-corrected chi connectivity index (χ4v) is 3.12. The Morgan fingerprint density at radius 1 is 0.606 bits per heavy atom. The highest BCUT2D eigenvalue weighted by Crippen LogP contribution is 2.44. The third-order valence-electron chi connectivity index (χ3n) is 4.50. The molecule has 3 rings (SSSR count). The zero-order chi connectivity index (χ0) is 24.6. The molecule has 0 unspecified atom stereocenters. The second-order valence-corrected chi connectivity index (χ2v) is 6.58. The predicted octanol–water partition coefficient (Wildman–Crippen LogP) is 7.01. The number of anilines is 3. The molecule has 0 N–H and O–H groups in total. The smallest absolute Gasteiger partial charge is 0.310 e. The number of hydrogen-bond donors (Lipinski definition) is 0. The highest BCUT2D eigenvalue weighted by Gasteiger charge is 2.40. The first-order valence-electron chi connectivity index (χ1n) is 8.87. The molecule has 3 aromatic rings. The minimum atomic E-state index is -5.13. The SMILES string of the molecule is O=[N+]([O-])c1ccc(N(c2ccccc2)c2ccc([N+](=O)[O-])c(C(F)(F)F)c2)cc1C(F)(F)F. The maximum atomic E-state index is 13.5. The van der Waals surface area contributed by atoms with Crippen molar-refractivity contribution in [2.45, 2.75) is 12.4 Å². The lowest BCUT2D eigenvalue weighted by molar-refractivity contribution is -0.388. The van der Waals surface area contributed by atoms with Gasteiger partial charge in [0.25, 0.3) is 11.4 Å². The molecule has 0 aliphatic heterocycles. The summed E-state index contributed by atoms with van der Waals surface area (Å²) in [7, 11) is 0. The molecule has 0 aliphatic rings. The number of para-hydroxylation sites is 1. The molecule has 13 heteroatoms. The second-order valence-electron chi connectivity index (χ2n) is 6.58. The molecule has 0 aliphatic carbocycles. The van der Waals surface area contributed by atoms with E-state index in [1.807, 2.05) is 0 Å². The van der Waals surface area contributed by atoms with E-state index >= 15 is 0 Å². The minimum Gasteiger partial charge on any atom is -0.310 e. The van der Waals surface area contributed by atoms with Crippen molar-refractivity contribution in [2.75, 3.05) is 4.90 Å². The van der Waals surface area contributed by atoms with Crippen LogP contribution in [0.25, 0.3) is 0 Å². The molecule has 0 aromatic heterocycles. The molecule has 0 amide bonds. The highest BCUT2D eigenvalue weighted by molar-refractivity contribution is 5.79. The van der Waals surface area contributed by atoms with E-state index in [1.54, 1.807) is 6.07 Å². The molecule has 7 nitrogen and oxygen atoms in total. The van der Waals surface area contributed by atoms with Crippen LogP contribution in [0.1, 0.15) is 11.1 Å². The second kappa shape index (κ2) is 8.41. The van der Waals surface area contributed by atoms with Gasteiger partial charge in [0.15, 0.2) is 0 Å². The number of rotatable bonds is 5. The van der Waals surface area contributed by atoms with Gasteiger partial charge in [0.05, 0.1) is 9.85 Å². The lowest BCUT2D eigenvalue weighted by Gasteiger charge is -2.26. The van der Waals surface area contributed by atoms with Gasteiger partial charge in [0, 0.05) is 29.2 Å². The highest BCUT2D eigenvalue weighted by atomic mass is 19.4. The van der Waals surface area contributed by atoms with Gasteiger partial charge in [-0.1, -0.05) is 18.2 Å². The van der Waals surface area contributed by atoms with Gasteiger partial charge >= 0.3 is 12.4 Å². The van der Waals surface area contributed by atoms with Crippen molar-refractivity contribution in [2.24, 2.45) is 0 Å². The van der Waals surface area contributed by atoms with Gasteiger partial charge in [-0.15, -0.1) is 0 Å². The molecule has 0 fully saturated rings. The summed E-state index contributed by atoms with van der Waals surface area (Å²) in [6, 6.07) is 11.2. The van der Waals surface area contributed by atoms with Crippen molar-refractivity contribution in [3.05, 3.63) is 98.1 Å². The molecule has 0 radical (unpaired) electrons. The lowest BCUT2D eigenvalue weighted by atomic mass is 10.1. The number of halogens is 6. The van der Waals surface area contributed by atoms with E-state index in [2.05, 4.69) is 0 Å². The van der Waals surface area contributed by atoms with E-state index in [0.717, 1.165) is 17.0 Å². The fourth-order valence-electron chi connectivity index (χ4n) is 3.12. The quantitative estimate of drug-likeness (QED) is 0.227. The Morgan fingerprint density at radius 2 is 1.00 bits per heavy atom. The van der Waals surface area contributed by atoms with Gasteiger partial charge in [-0.25, -0.2) is 0 Å². The Morgan fingerprint density at radius 3 is 1.33 bits per heavy atom. The van der Waals surface area contributed by atoms with E-state index in [1.165, 1.54) is 24.3 Å². The topological polar surface area (TPSA) is 89.5 Å². The standard InChI is InChI=1S/C20H11F6N3O4/c21-19(22,23)15-10-13(6-8-17(15)28(30)31)27(12-4-2-1-3-5-12)14-7-9-18(29(32)33)16(11-14)20(24,25)26/h1-11H. The normalized spacial score (nSPS) is 11.8. The maximum Gasteiger partial charge on any atom is 0.423 e. The Bertz CT molecular complexity index is 1140.